The second-order valence-corrected chi connectivity index (χ2v) is 4.68. The molecule has 102 valence electrons. The van der Waals surface area contributed by atoms with Gasteiger partial charge in [0.1, 0.15) is 0 Å². The Labute approximate surface area is 114 Å². The molecule has 4 heteroatoms. The Morgan fingerprint density at radius 1 is 1.21 bits per heavy atom. The molecule has 1 unspecified atom stereocenters. The maximum absolute atomic E-state index is 10.2. The highest BCUT2D eigenvalue weighted by atomic mass is 16.3. The average molecular weight is 259 g/mol. The molecule has 0 radical (unpaired) electrons. The zero-order valence-corrected chi connectivity index (χ0v) is 11.6. The molecule has 0 saturated carbocycles. The molecule has 2 aromatic rings. The first kappa shape index (κ1) is 13.7. The number of pyridine rings is 1. The molecule has 0 aliphatic carbocycles. The lowest BCUT2D eigenvalue weighted by Gasteiger charge is -2.11. The third kappa shape index (κ3) is 3.64. The Morgan fingerprint density at radius 3 is 2.68 bits per heavy atom. The summed E-state index contributed by atoms with van der Waals surface area (Å²) in [7, 11) is 0. The number of hydrogen-bond donors (Lipinski definition) is 1. The van der Waals surface area contributed by atoms with Crippen molar-refractivity contribution in [3.63, 3.8) is 0 Å². The standard InChI is InChI=1S/C15H21N3O/c1-3-12-9-14(18(4-2)17-12)11-15(19)10-13-7-5-6-8-16-13/h5-9,15,19H,3-4,10-11H2,1-2H3. The summed E-state index contributed by atoms with van der Waals surface area (Å²) in [5.41, 5.74) is 3.11. The van der Waals surface area contributed by atoms with E-state index in [1.54, 1.807) is 6.20 Å². The molecule has 2 aromatic heterocycles. The molecule has 19 heavy (non-hydrogen) atoms. The van der Waals surface area contributed by atoms with E-state index in [0.717, 1.165) is 30.0 Å². The van der Waals surface area contributed by atoms with E-state index in [2.05, 4.69) is 30.0 Å². The summed E-state index contributed by atoms with van der Waals surface area (Å²) in [5.74, 6) is 0. The maximum Gasteiger partial charge on any atom is 0.0650 e. The van der Waals surface area contributed by atoms with Crippen molar-refractivity contribution in [1.29, 1.82) is 0 Å². The van der Waals surface area contributed by atoms with Gasteiger partial charge in [-0.05, 0) is 31.5 Å². The van der Waals surface area contributed by atoms with Gasteiger partial charge >= 0.3 is 0 Å². The highest BCUT2D eigenvalue weighted by Gasteiger charge is 2.12. The normalized spacial score (nSPS) is 12.6. The summed E-state index contributed by atoms with van der Waals surface area (Å²) in [6.07, 6.45) is 3.47. The largest absolute Gasteiger partial charge is 0.392 e. The molecule has 0 aliphatic heterocycles. The zero-order chi connectivity index (χ0) is 13.7. The van der Waals surface area contributed by atoms with E-state index in [4.69, 9.17) is 0 Å². The number of aromatic nitrogens is 3. The second-order valence-electron chi connectivity index (χ2n) is 4.68. The smallest absolute Gasteiger partial charge is 0.0650 e. The van der Waals surface area contributed by atoms with E-state index in [1.807, 2.05) is 22.9 Å². The predicted molar refractivity (Wildman–Crippen MR) is 74.9 cm³/mol. The van der Waals surface area contributed by atoms with E-state index in [9.17, 15) is 5.11 Å². The Morgan fingerprint density at radius 2 is 2.05 bits per heavy atom. The monoisotopic (exact) mass is 259 g/mol. The van der Waals surface area contributed by atoms with Gasteiger partial charge < -0.3 is 5.11 Å². The number of aliphatic hydroxyl groups excluding tert-OH is 1. The Balaban J connectivity index is 2.02. The molecule has 2 rings (SSSR count). The molecule has 2 heterocycles. The molecule has 0 fully saturated rings. The molecule has 0 aromatic carbocycles. The van der Waals surface area contributed by atoms with Crippen LogP contribution < -0.4 is 0 Å². The fourth-order valence-electron chi connectivity index (χ4n) is 2.20. The van der Waals surface area contributed by atoms with E-state index in [1.165, 1.54) is 0 Å². The van der Waals surface area contributed by atoms with Crippen molar-refractivity contribution < 1.29 is 5.11 Å². The van der Waals surface area contributed by atoms with Gasteiger partial charge in [0.15, 0.2) is 0 Å². The average Bonchev–Trinajstić information content (AvgIpc) is 2.82. The summed E-state index contributed by atoms with van der Waals surface area (Å²) < 4.78 is 1.97. The third-order valence-electron chi connectivity index (χ3n) is 3.19. The van der Waals surface area contributed by atoms with Gasteiger partial charge in [-0.15, -0.1) is 0 Å². The first-order valence-electron chi connectivity index (χ1n) is 6.86. The summed E-state index contributed by atoms with van der Waals surface area (Å²) in [5, 5.41) is 14.7. The first-order chi connectivity index (χ1) is 9.22. The van der Waals surface area contributed by atoms with Gasteiger partial charge in [0, 0.05) is 37.0 Å². The molecule has 0 amide bonds. The topological polar surface area (TPSA) is 50.9 Å². The van der Waals surface area contributed by atoms with E-state index >= 15 is 0 Å². The van der Waals surface area contributed by atoms with Gasteiger partial charge in [0.05, 0.1) is 11.8 Å². The molecule has 1 atom stereocenters. The summed E-state index contributed by atoms with van der Waals surface area (Å²) in [6, 6.07) is 7.86. The zero-order valence-electron chi connectivity index (χ0n) is 11.6. The van der Waals surface area contributed by atoms with Crippen LogP contribution in [0.5, 0.6) is 0 Å². The number of aryl methyl sites for hydroxylation is 2. The molecule has 0 aliphatic rings. The van der Waals surface area contributed by atoms with Crippen molar-refractivity contribution in [3.05, 3.63) is 47.5 Å². The number of hydrogen-bond acceptors (Lipinski definition) is 3. The minimum atomic E-state index is -0.415. The van der Waals surface area contributed by atoms with E-state index < -0.39 is 6.10 Å². The van der Waals surface area contributed by atoms with Crippen molar-refractivity contribution in [2.75, 3.05) is 0 Å². The molecule has 4 nitrogen and oxygen atoms in total. The van der Waals surface area contributed by atoms with Gasteiger partial charge in [-0.3, -0.25) is 9.67 Å². The van der Waals surface area contributed by atoms with Crippen molar-refractivity contribution in [1.82, 2.24) is 14.8 Å². The van der Waals surface area contributed by atoms with Crippen molar-refractivity contribution in [3.8, 4) is 0 Å². The maximum atomic E-state index is 10.2. The molecular weight excluding hydrogens is 238 g/mol. The van der Waals surface area contributed by atoms with Crippen LogP contribution in [0, 0.1) is 0 Å². The van der Waals surface area contributed by atoms with Crippen LogP contribution in [0.25, 0.3) is 0 Å². The lowest BCUT2D eigenvalue weighted by molar-refractivity contribution is 0.171. The molecular formula is C15H21N3O. The molecule has 0 saturated heterocycles. The highest BCUT2D eigenvalue weighted by Crippen LogP contribution is 2.10. The first-order valence-corrected chi connectivity index (χ1v) is 6.86. The van der Waals surface area contributed by atoms with Crippen LogP contribution in [0.1, 0.15) is 30.9 Å². The van der Waals surface area contributed by atoms with E-state index in [-0.39, 0.29) is 0 Å². The SMILES string of the molecule is CCc1cc(CC(O)Cc2ccccn2)n(CC)n1. The second kappa shape index (κ2) is 6.48. The van der Waals surface area contributed by atoms with Crippen molar-refractivity contribution in [2.45, 2.75) is 45.8 Å². The third-order valence-corrected chi connectivity index (χ3v) is 3.19. The van der Waals surface area contributed by atoms with Gasteiger partial charge in [-0.1, -0.05) is 13.0 Å². The van der Waals surface area contributed by atoms with E-state index in [0.29, 0.717) is 12.8 Å². The molecule has 0 spiro atoms. The van der Waals surface area contributed by atoms with Crippen LogP contribution in [0.3, 0.4) is 0 Å². The molecule has 1 N–H and O–H groups in total. The van der Waals surface area contributed by atoms with Crippen LogP contribution in [0.2, 0.25) is 0 Å². The van der Waals surface area contributed by atoms with Crippen LogP contribution in [-0.4, -0.2) is 26.0 Å². The fraction of sp³-hybridized carbons (Fsp3) is 0.467. The molecule has 0 bridgehead atoms. The highest BCUT2D eigenvalue weighted by molar-refractivity contribution is 5.13. The summed E-state index contributed by atoms with van der Waals surface area (Å²) in [4.78, 5) is 4.24. The lowest BCUT2D eigenvalue weighted by Crippen LogP contribution is -2.17. The Kier molecular flexibility index (Phi) is 4.68. The van der Waals surface area contributed by atoms with Crippen molar-refractivity contribution in [2.24, 2.45) is 0 Å². The van der Waals surface area contributed by atoms with Gasteiger partial charge in [0.25, 0.3) is 0 Å². The van der Waals surface area contributed by atoms with Gasteiger partial charge in [0.2, 0.25) is 0 Å². The number of aliphatic hydroxyl groups is 1. The Bertz CT molecular complexity index is 507. The van der Waals surface area contributed by atoms with Crippen LogP contribution >= 0.6 is 0 Å². The summed E-state index contributed by atoms with van der Waals surface area (Å²) in [6.45, 7) is 5.00. The van der Waals surface area contributed by atoms with Gasteiger partial charge in [-0.25, -0.2) is 0 Å². The van der Waals surface area contributed by atoms with Crippen LogP contribution in [-0.2, 0) is 25.8 Å². The van der Waals surface area contributed by atoms with Crippen LogP contribution in [0.15, 0.2) is 30.5 Å². The quantitative estimate of drug-likeness (QED) is 0.863. The van der Waals surface area contributed by atoms with Crippen molar-refractivity contribution >= 4 is 0 Å². The minimum Gasteiger partial charge on any atom is -0.392 e. The fourth-order valence-corrected chi connectivity index (χ4v) is 2.20. The Hall–Kier alpha value is -1.68. The summed E-state index contributed by atoms with van der Waals surface area (Å²) >= 11 is 0. The lowest BCUT2D eigenvalue weighted by atomic mass is 10.1. The number of nitrogens with zero attached hydrogens (tertiary/aromatic N) is 3. The number of rotatable bonds is 6. The predicted octanol–water partition coefficient (Wildman–Crippen LogP) is 2.01. The van der Waals surface area contributed by atoms with Gasteiger partial charge in [-0.2, -0.15) is 5.10 Å². The van der Waals surface area contributed by atoms with Crippen LogP contribution in [0.4, 0.5) is 0 Å². The minimum absolute atomic E-state index is 0.415.